The van der Waals surface area contributed by atoms with Crippen molar-refractivity contribution < 1.29 is 4.74 Å². The molecule has 1 aromatic carbocycles. The SMILES string of the molecule is Cc1ccc(Br)cc1Oc1cc(Br)nc(C(C)(C)C)n1. The van der Waals surface area contributed by atoms with Crippen LogP contribution < -0.4 is 4.74 Å². The zero-order valence-corrected chi connectivity index (χ0v) is 15.0. The first-order valence-electron chi connectivity index (χ1n) is 6.25. The van der Waals surface area contributed by atoms with Crippen LogP contribution in [0.15, 0.2) is 33.3 Å². The molecule has 0 saturated carbocycles. The van der Waals surface area contributed by atoms with E-state index in [4.69, 9.17) is 4.74 Å². The highest BCUT2D eigenvalue weighted by molar-refractivity contribution is 9.10. The summed E-state index contributed by atoms with van der Waals surface area (Å²) in [6.45, 7) is 8.22. The van der Waals surface area contributed by atoms with Gasteiger partial charge in [-0.3, -0.25) is 0 Å². The molecule has 5 heteroatoms. The zero-order valence-electron chi connectivity index (χ0n) is 11.9. The first-order chi connectivity index (χ1) is 9.25. The fraction of sp³-hybridized carbons (Fsp3) is 0.333. The van der Waals surface area contributed by atoms with Gasteiger partial charge in [-0.2, -0.15) is 4.98 Å². The molecule has 0 radical (unpaired) electrons. The van der Waals surface area contributed by atoms with Crippen LogP contribution in [0, 0.1) is 6.92 Å². The van der Waals surface area contributed by atoms with Gasteiger partial charge in [0.2, 0.25) is 5.88 Å². The molecule has 2 rings (SSSR count). The van der Waals surface area contributed by atoms with E-state index in [1.54, 1.807) is 6.07 Å². The van der Waals surface area contributed by atoms with Crippen LogP contribution in [0.2, 0.25) is 0 Å². The standard InChI is InChI=1S/C15H16Br2N2O/c1-9-5-6-10(16)7-11(9)20-13-8-12(17)18-14(19-13)15(2,3)4/h5-8H,1-4H3. The average molecular weight is 400 g/mol. The molecule has 2 aromatic rings. The third kappa shape index (κ3) is 3.79. The van der Waals surface area contributed by atoms with E-state index in [1.165, 1.54) is 0 Å². The zero-order chi connectivity index (χ0) is 14.9. The van der Waals surface area contributed by atoms with Crippen molar-refractivity contribution in [3.05, 3.63) is 44.7 Å². The molecule has 20 heavy (non-hydrogen) atoms. The number of hydrogen-bond donors (Lipinski definition) is 0. The molecule has 0 atom stereocenters. The second-order valence-corrected chi connectivity index (χ2v) is 7.34. The van der Waals surface area contributed by atoms with Gasteiger partial charge in [0.1, 0.15) is 16.2 Å². The van der Waals surface area contributed by atoms with E-state index in [0.717, 1.165) is 26.2 Å². The second-order valence-electron chi connectivity index (χ2n) is 5.61. The Morgan fingerprint density at radius 1 is 1.05 bits per heavy atom. The summed E-state index contributed by atoms with van der Waals surface area (Å²) >= 11 is 6.86. The highest BCUT2D eigenvalue weighted by Gasteiger charge is 2.19. The van der Waals surface area contributed by atoms with Crippen molar-refractivity contribution in [2.75, 3.05) is 0 Å². The topological polar surface area (TPSA) is 35.0 Å². The van der Waals surface area contributed by atoms with Crippen molar-refractivity contribution >= 4 is 31.9 Å². The number of rotatable bonds is 2. The van der Waals surface area contributed by atoms with Crippen molar-refractivity contribution in [2.24, 2.45) is 0 Å². The predicted molar refractivity (Wildman–Crippen MR) is 87.4 cm³/mol. The first-order valence-corrected chi connectivity index (χ1v) is 7.83. The lowest BCUT2D eigenvalue weighted by molar-refractivity contribution is 0.441. The van der Waals surface area contributed by atoms with E-state index in [1.807, 2.05) is 25.1 Å². The van der Waals surface area contributed by atoms with E-state index < -0.39 is 0 Å². The molecule has 3 nitrogen and oxygen atoms in total. The second kappa shape index (κ2) is 5.82. The first kappa shape index (κ1) is 15.4. The Bertz CT molecular complexity index is 636. The molecule has 0 aliphatic carbocycles. The molecule has 1 heterocycles. The summed E-state index contributed by atoms with van der Waals surface area (Å²) in [5.74, 6) is 2.07. The Morgan fingerprint density at radius 2 is 1.75 bits per heavy atom. The van der Waals surface area contributed by atoms with E-state index in [2.05, 4.69) is 62.6 Å². The maximum Gasteiger partial charge on any atom is 0.223 e. The van der Waals surface area contributed by atoms with Crippen LogP contribution in [0.4, 0.5) is 0 Å². The molecule has 1 aromatic heterocycles. The quantitative estimate of drug-likeness (QED) is 0.634. The van der Waals surface area contributed by atoms with Crippen molar-refractivity contribution in [3.63, 3.8) is 0 Å². The minimum atomic E-state index is -0.131. The Morgan fingerprint density at radius 3 is 2.40 bits per heavy atom. The number of halogens is 2. The largest absolute Gasteiger partial charge is 0.439 e. The van der Waals surface area contributed by atoms with E-state index in [-0.39, 0.29) is 5.41 Å². The lowest BCUT2D eigenvalue weighted by Gasteiger charge is -2.17. The smallest absolute Gasteiger partial charge is 0.223 e. The molecule has 0 amide bonds. The normalized spacial score (nSPS) is 11.5. The molecular weight excluding hydrogens is 384 g/mol. The van der Waals surface area contributed by atoms with Crippen LogP contribution in [0.5, 0.6) is 11.6 Å². The van der Waals surface area contributed by atoms with Gasteiger partial charge in [-0.15, -0.1) is 0 Å². The minimum Gasteiger partial charge on any atom is -0.439 e. The monoisotopic (exact) mass is 398 g/mol. The number of aryl methyl sites for hydroxylation is 1. The molecule has 0 aliphatic heterocycles. The number of aromatic nitrogens is 2. The molecule has 0 N–H and O–H groups in total. The van der Waals surface area contributed by atoms with Gasteiger partial charge in [0.15, 0.2) is 0 Å². The van der Waals surface area contributed by atoms with Crippen molar-refractivity contribution in [2.45, 2.75) is 33.1 Å². The van der Waals surface area contributed by atoms with Crippen LogP contribution >= 0.6 is 31.9 Å². The van der Waals surface area contributed by atoms with Crippen LogP contribution in [0.1, 0.15) is 32.2 Å². The Kier molecular flexibility index (Phi) is 4.49. The highest BCUT2D eigenvalue weighted by Crippen LogP contribution is 2.30. The molecule has 0 bridgehead atoms. The summed E-state index contributed by atoms with van der Waals surface area (Å²) in [6, 6.07) is 7.69. The van der Waals surface area contributed by atoms with Gasteiger partial charge < -0.3 is 4.74 Å². The highest BCUT2D eigenvalue weighted by atomic mass is 79.9. The van der Waals surface area contributed by atoms with Gasteiger partial charge in [-0.25, -0.2) is 4.98 Å². The maximum absolute atomic E-state index is 5.90. The fourth-order valence-corrected chi connectivity index (χ4v) is 2.29. The number of ether oxygens (including phenoxy) is 1. The molecule has 0 spiro atoms. The van der Waals surface area contributed by atoms with E-state index in [9.17, 15) is 0 Å². The summed E-state index contributed by atoms with van der Waals surface area (Å²) in [6.07, 6.45) is 0. The predicted octanol–water partition coefficient (Wildman–Crippen LogP) is 5.40. The van der Waals surface area contributed by atoms with Crippen LogP contribution in [-0.2, 0) is 5.41 Å². The minimum absolute atomic E-state index is 0.131. The summed E-state index contributed by atoms with van der Waals surface area (Å²) in [4.78, 5) is 8.90. The molecule has 0 fully saturated rings. The summed E-state index contributed by atoms with van der Waals surface area (Å²) in [7, 11) is 0. The molecule has 106 valence electrons. The third-order valence-corrected chi connectivity index (χ3v) is 3.61. The van der Waals surface area contributed by atoms with Gasteiger partial charge in [0.05, 0.1) is 0 Å². The van der Waals surface area contributed by atoms with Gasteiger partial charge in [0, 0.05) is 16.0 Å². The Balaban J connectivity index is 2.39. The Labute approximate surface area is 136 Å². The molecule has 0 aliphatic rings. The van der Waals surface area contributed by atoms with E-state index >= 15 is 0 Å². The lowest BCUT2D eigenvalue weighted by atomic mass is 9.96. The van der Waals surface area contributed by atoms with Gasteiger partial charge in [-0.05, 0) is 40.5 Å². The number of hydrogen-bond acceptors (Lipinski definition) is 3. The van der Waals surface area contributed by atoms with Crippen LogP contribution in [0.25, 0.3) is 0 Å². The van der Waals surface area contributed by atoms with Crippen molar-refractivity contribution in [1.29, 1.82) is 0 Å². The van der Waals surface area contributed by atoms with Crippen LogP contribution in [0.3, 0.4) is 0 Å². The Hall–Kier alpha value is -0.940. The molecule has 0 saturated heterocycles. The maximum atomic E-state index is 5.90. The van der Waals surface area contributed by atoms with Crippen molar-refractivity contribution in [3.8, 4) is 11.6 Å². The van der Waals surface area contributed by atoms with Gasteiger partial charge >= 0.3 is 0 Å². The summed E-state index contributed by atoms with van der Waals surface area (Å²) < 4.78 is 7.59. The number of nitrogens with zero attached hydrogens (tertiary/aromatic N) is 2. The van der Waals surface area contributed by atoms with Crippen LogP contribution in [-0.4, -0.2) is 9.97 Å². The third-order valence-electron chi connectivity index (χ3n) is 2.71. The van der Waals surface area contributed by atoms with Crippen molar-refractivity contribution in [1.82, 2.24) is 9.97 Å². The fourth-order valence-electron chi connectivity index (χ4n) is 1.58. The number of benzene rings is 1. The summed E-state index contributed by atoms with van der Waals surface area (Å²) in [5.41, 5.74) is 0.925. The van der Waals surface area contributed by atoms with Gasteiger partial charge in [0.25, 0.3) is 0 Å². The average Bonchev–Trinajstić information content (AvgIpc) is 2.32. The summed E-state index contributed by atoms with van der Waals surface area (Å²) in [5, 5.41) is 0. The molecular formula is C15H16Br2N2O. The van der Waals surface area contributed by atoms with Gasteiger partial charge in [-0.1, -0.05) is 42.8 Å². The molecule has 0 unspecified atom stereocenters. The lowest BCUT2D eigenvalue weighted by Crippen LogP contribution is -2.16. The van der Waals surface area contributed by atoms with E-state index in [0.29, 0.717) is 5.88 Å².